The van der Waals surface area contributed by atoms with E-state index >= 15 is 0 Å². The van der Waals surface area contributed by atoms with E-state index in [1.54, 1.807) is 12.0 Å². The van der Waals surface area contributed by atoms with Crippen molar-refractivity contribution in [2.75, 3.05) is 0 Å². The summed E-state index contributed by atoms with van der Waals surface area (Å²) >= 11 is 0. The van der Waals surface area contributed by atoms with E-state index < -0.39 is 0 Å². The molecule has 4 fully saturated rings. The second-order valence-electron chi connectivity index (χ2n) is 7.43. The molecule has 5 aliphatic rings. The Kier molecular flexibility index (Phi) is 2.00. The Hall–Kier alpha value is -0.520. The first kappa shape index (κ1) is 10.4. The van der Waals surface area contributed by atoms with Crippen LogP contribution in [0.4, 0.5) is 0 Å². The topological polar surface area (TPSA) is 0 Å². The second-order valence-corrected chi connectivity index (χ2v) is 7.43. The highest BCUT2D eigenvalue weighted by Crippen LogP contribution is 2.65. The molecule has 0 heterocycles. The molecule has 4 saturated carbocycles. The Balaban J connectivity index is 1.74. The van der Waals surface area contributed by atoms with Crippen LogP contribution in [-0.2, 0) is 0 Å². The van der Waals surface area contributed by atoms with Gasteiger partial charge in [0.15, 0.2) is 0 Å². The van der Waals surface area contributed by atoms with Crippen LogP contribution >= 0.6 is 0 Å². The molecule has 0 amide bonds. The van der Waals surface area contributed by atoms with E-state index in [0.717, 1.165) is 23.7 Å². The minimum absolute atomic E-state index is 0.536. The van der Waals surface area contributed by atoms with Crippen LogP contribution in [0.2, 0.25) is 0 Å². The number of hydrogen-bond donors (Lipinski definition) is 0. The Morgan fingerprint density at radius 2 is 1.59 bits per heavy atom. The van der Waals surface area contributed by atoms with Gasteiger partial charge in [0.1, 0.15) is 0 Å². The van der Waals surface area contributed by atoms with Crippen molar-refractivity contribution in [2.45, 2.75) is 46.0 Å². The summed E-state index contributed by atoms with van der Waals surface area (Å²) in [7, 11) is 0. The van der Waals surface area contributed by atoms with E-state index in [2.05, 4.69) is 32.1 Å². The lowest BCUT2D eigenvalue weighted by Crippen LogP contribution is -2.52. The van der Waals surface area contributed by atoms with Crippen LogP contribution in [-0.4, -0.2) is 0 Å². The van der Waals surface area contributed by atoms with Crippen LogP contribution in [0.15, 0.2) is 23.8 Å². The quantitative estimate of drug-likeness (QED) is 0.616. The van der Waals surface area contributed by atoms with Gasteiger partial charge >= 0.3 is 0 Å². The molecule has 0 radical (unpaired) electrons. The lowest BCUT2D eigenvalue weighted by atomic mass is 9.44. The van der Waals surface area contributed by atoms with E-state index in [1.165, 1.54) is 25.7 Å². The molecule has 0 aromatic rings. The van der Waals surface area contributed by atoms with Gasteiger partial charge in [-0.1, -0.05) is 32.1 Å². The summed E-state index contributed by atoms with van der Waals surface area (Å²) in [5.41, 5.74) is 2.23. The van der Waals surface area contributed by atoms with Crippen LogP contribution in [0.25, 0.3) is 0 Å². The van der Waals surface area contributed by atoms with E-state index in [0.29, 0.717) is 11.3 Å². The molecule has 0 heteroatoms. The van der Waals surface area contributed by atoms with Gasteiger partial charge in [-0.3, -0.25) is 0 Å². The van der Waals surface area contributed by atoms with E-state index in [9.17, 15) is 0 Å². The summed E-state index contributed by atoms with van der Waals surface area (Å²) in [4.78, 5) is 0. The second kappa shape index (κ2) is 3.28. The average Bonchev–Trinajstić information content (AvgIpc) is 2.72. The Morgan fingerprint density at radius 1 is 1.00 bits per heavy atom. The summed E-state index contributed by atoms with van der Waals surface area (Å²) in [6.45, 7) is 4.91. The third-order valence-corrected chi connectivity index (χ3v) is 6.48. The van der Waals surface area contributed by atoms with Gasteiger partial charge in [-0.25, -0.2) is 0 Å². The zero-order chi connectivity index (χ0) is 11.6. The number of hydrogen-bond acceptors (Lipinski definition) is 0. The van der Waals surface area contributed by atoms with E-state index in [1.807, 2.05) is 0 Å². The maximum Gasteiger partial charge on any atom is -0.00215 e. The van der Waals surface area contributed by atoms with Crippen molar-refractivity contribution in [1.29, 1.82) is 0 Å². The maximum absolute atomic E-state index is 2.59. The monoisotopic (exact) mass is 228 g/mol. The minimum Gasteiger partial charge on any atom is -0.0776 e. The first-order valence-electron chi connectivity index (χ1n) is 7.56. The fraction of sp³-hybridized carbons (Fsp3) is 0.765. The van der Waals surface area contributed by atoms with Gasteiger partial charge in [-0.2, -0.15) is 0 Å². The predicted octanol–water partition coefficient (Wildman–Crippen LogP) is 4.58. The van der Waals surface area contributed by atoms with Crippen LogP contribution in [0, 0.1) is 35.0 Å². The molecule has 1 atom stereocenters. The van der Waals surface area contributed by atoms with Crippen LogP contribution < -0.4 is 0 Å². The normalized spacial score (nSPS) is 55.4. The Morgan fingerprint density at radius 3 is 2.06 bits per heavy atom. The summed E-state index contributed by atoms with van der Waals surface area (Å²) in [5, 5.41) is 0. The molecule has 0 saturated heterocycles. The minimum atomic E-state index is 0.536. The molecule has 4 bridgehead atoms. The van der Waals surface area contributed by atoms with E-state index in [4.69, 9.17) is 0 Å². The third kappa shape index (κ3) is 1.30. The number of allylic oxidation sites excluding steroid dienone is 4. The largest absolute Gasteiger partial charge is 0.0776 e. The van der Waals surface area contributed by atoms with Crippen LogP contribution in [0.1, 0.15) is 46.0 Å². The van der Waals surface area contributed by atoms with Crippen molar-refractivity contribution in [2.24, 2.45) is 35.0 Å². The summed E-state index contributed by atoms with van der Waals surface area (Å²) in [5.74, 6) is 4.86. The van der Waals surface area contributed by atoms with Crippen molar-refractivity contribution < 1.29 is 0 Å². The summed E-state index contributed by atoms with van der Waals surface area (Å²) < 4.78 is 0. The van der Waals surface area contributed by atoms with E-state index in [-0.39, 0.29) is 0 Å². The average molecular weight is 228 g/mol. The Bertz CT molecular complexity index is 370. The first-order chi connectivity index (χ1) is 8.16. The van der Waals surface area contributed by atoms with Gasteiger partial charge in [0, 0.05) is 0 Å². The molecule has 5 aliphatic carbocycles. The first-order valence-corrected chi connectivity index (χ1v) is 7.56. The van der Waals surface area contributed by atoms with Gasteiger partial charge < -0.3 is 0 Å². The molecule has 0 N–H and O–H groups in total. The van der Waals surface area contributed by atoms with Crippen molar-refractivity contribution >= 4 is 0 Å². The lowest BCUT2D eigenvalue weighted by Gasteiger charge is -2.60. The van der Waals surface area contributed by atoms with Gasteiger partial charge in [0.2, 0.25) is 0 Å². The molecule has 0 aromatic heterocycles. The summed E-state index contributed by atoms with van der Waals surface area (Å²) in [6, 6.07) is 0. The smallest absolute Gasteiger partial charge is 0.00215 e. The molecular weight excluding hydrogens is 204 g/mol. The number of rotatable bonds is 1. The highest BCUT2D eigenvalue weighted by molar-refractivity contribution is 5.37. The van der Waals surface area contributed by atoms with Crippen molar-refractivity contribution in [1.82, 2.24) is 0 Å². The zero-order valence-corrected chi connectivity index (χ0v) is 11.2. The van der Waals surface area contributed by atoms with Crippen molar-refractivity contribution in [3.8, 4) is 0 Å². The van der Waals surface area contributed by atoms with Crippen molar-refractivity contribution in [3.05, 3.63) is 23.8 Å². The molecule has 0 aromatic carbocycles. The molecular formula is C17H24. The summed E-state index contributed by atoms with van der Waals surface area (Å²) in [6.07, 6.45) is 15.1. The highest BCUT2D eigenvalue weighted by Gasteiger charge is 2.55. The Labute approximate surface area is 105 Å². The third-order valence-electron chi connectivity index (χ3n) is 6.48. The van der Waals surface area contributed by atoms with Gasteiger partial charge in [0.05, 0.1) is 0 Å². The molecule has 92 valence electrons. The highest BCUT2D eigenvalue weighted by atomic mass is 14.6. The standard InChI is InChI=1S/C17H24/c1-11-3-4-14(5-11)17(2)15-7-12-6-13(9-15)10-16(17)8-12/h3-5,11-13,15-16H,6-10H2,1-2H3. The predicted molar refractivity (Wildman–Crippen MR) is 71.5 cm³/mol. The van der Waals surface area contributed by atoms with Gasteiger partial charge in [-0.15, -0.1) is 0 Å². The SMILES string of the molecule is CC1C=CC(C2(C)C3CC4CC(C3)CC2C4)=C1. The maximum atomic E-state index is 2.59. The molecule has 0 aliphatic heterocycles. The van der Waals surface area contributed by atoms with Gasteiger partial charge in [0.25, 0.3) is 0 Å². The van der Waals surface area contributed by atoms with Crippen LogP contribution in [0.5, 0.6) is 0 Å². The van der Waals surface area contributed by atoms with Crippen LogP contribution in [0.3, 0.4) is 0 Å². The zero-order valence-electron chi connectivity index (χ0n) is 11.2. The fourth-order valence-electron chi connectivity index (χ4n) is 5.64. The molecule has 0 spiro atoms. The molecule has 17 heavy (non-hydrogen) atoms. The fourth-order valence-corrected chi connectivity index (χ4v) is 5.64. The van der Waals surface area contributed by atoms with Gasteiger partial charge in [-0.05, 0) is 72.7 Å². The molecule has 5 rings (SSSR count). The lowest BCUT2D eigenvalue weighted by molar-refractivity contribution is -0.0753. The van der Waals surface area contributed by atoms with Crippen molar-refractivity contribution in [3.63, 3.8) is 0 Å². The molecule has 1 unspecified atom stereocenters. The molecule has 0 nitrogen and oxygen atoms in total.